The van der Waals surface area contributed by atoms with E-state index in [-0.39, 0.29) is 46.5 Å². The molecule has 1 N–H and O–H groups in total. The molecule has 3 heterocycles. The maximum absolute atomic E-state index is 15.1. The predicted octanol–water partition coefficient (Wildman–Crippen LogP) is 21.5. The average Bonchev–Trinajstić information content (AvgIpc) is 0.811. The van der Waals surface area contributed by atoms with E-state index in [2.05, 4.69) is 108 Å². The summed E-state index contributed by atoms with van der Waals surface area (Å²) in [5.74, 6) is 0.871. The molecule has 7 aromatic rings. The molecule has 0 radical (unpaired) electrons. The second-order valence-electron chi connectivity index (χ2n) is 25.9. The summed E-state index contributed by atoms with van der Waals surface area (Å²) >= 11 is 4.24. The lowest BCUT2D eigenvalue weighted by molar-refractivity contribution is 0.483. The highest BCUT2D eigenvalue weighted by Gasteiger charge is 2.19. The maximum atomic E-state index is 15.1. The Kier molecular flexibility index (Phi) is 45.6. The van der Waals surface area contributed by atoms with E-state index in [9.17, 15) is 22.8 Å². The molecule has 7 rings (SSSR count). The Morgan fingerprint density at radius 2 is 0.594 bits per heavy atom. The first-order valence-electron chi connectivity index (χ1n) is 36.5. The van der Waals surface area contributed by atoms with Gasteiger partial charge in [-0.05, 0) is 136 Å². The van der Waals surface area contributed by atoms with Gasteiger partial charge in [-0.1, -0.05) is 182 Å². The molecule has 0 bridgehead atoms. The van der Waals surface area contributed by atoms with Gasteiger partial charge in [0.1, 0.15) is 34.9 Å². The Balaban J connectivity index is 0.000000470. The van der Waals surface area contributed by atoms with E-state index in [1.807, 2.05) is 43.3 Å². The Morgan fingerprint density at radius 3 is 0.782 bits per heavy atom. The van der Waals surface area contributed by atoms with Crippen molar-refractivity contribution in [2.24, 2.45) is 0 Å². The van der Waals surface area contributed by atoms with E-state index < -0.39 is 10.1 Å². The van der Waals surface area contributed by atoms with Crippen LogP contribution in [0.5, 0.6) is 0 Å². The van der Waals surface area contributed by atoms with Crippen LogP contribution in [0.15, 0.2) is 116 Å². The predicted molar refractivity (Wildman–Crippen MR) is 435 cm³/mol. The van der Waals surface area contributed by atoms with Crippen LogP contribution >= 0.6 is 37.2 Å². The van der Waals surface area contributed by atoms with Crippen LogP contribution in [-0.4, -0.2) is 80.9 Å². The fraction of sp³-hybridized carbons (Fsp3) is 0.550. The Morgan fingerprint density at radius 1 is 0.366 bits per heavy atom. The second-order valence-corrected chi connectivity index (χ2v) is 27.3. The van der Waals surface area contributed by atoms with E-state index in [0.29, 0.717) is 68.7 Å². The molecule has 15 nitrogen and oxygen atoms in total. The fourth-order valence-electron chi connectivity index (χ4n) is 12.0. The van der Waals surface area contributed by atoms with Crippen LogP contribution in [0.3, 0.4) is 0 Å². The zero-order valence-corrected chi connectivity index (χ0v) is 67.4. The molecule has 0 aliphatic carbocycles. The topological polar surface area (TPSA) is 169 Å². The highest BCUT2D eigenvalue weighted by molar-refractivity contribution is 15.0. The molecule has 0 aliphatic heterocycles. The third kappa shape index (κ3) is 32.3. The Labute approximate surface area is 627 Å². The minimum atomic E-state index is -4.02. The number of aryl methyl sites for hydroxylation is 7. The summed E-state index contributed by atoms with van der Waals surface area (Å²) in [6, 6.07) is 25.7. The van der Waals surface area contributed by atoms with Crippen molar-refractivity contribution in [3.63, 3.8) is 0 Å². The summed E-state index contributed by atoms with van der Waals surface area (Å²) in [4.78, 5) is 56.6. The SMILES string of the molecule is C.CCCCCCN(CCCCCC)c1ccc(-n2c(C)nc(C)cc2=O)cc1F.CCCCCCN(CCCCCC)c1ccc(-n2c(C)nc(C)cc2=O)cc1F.CCCCCCN(CCCCCC)c1ccc(-n2c(C)nc(C)cc2=O)cc1F.Cc1ccc(S(=O)(=O)O)cc1.II. The number of rotatable bonds is 37. The van der Waals surface area contributed by atoms with E-state index >= 15 is 13.2 Å². The molecular weight excluding hydrogens is 1530 g/mol. The zero-order valence-electron chi connectivity index (χ0n) is 62.3. The van der Waals surface area contributed by atoms with Gasteiger partial charge in [0.05, 0.1) is 39.0 Å². The summed E-state index contributed by atoms with van der Waals surface area (Å²) < 4.78 is 79.3. The first-order valence-corrected chi connectivity index (χ1v) is 44.2. The summed E-state index contributed by atoms with van der Waals surface area (Å²) in [5, 5.41) is 0. The molecular formula is C80H120F3I2N9O6S. The third-order valence-corrected chi connectivity index (χ3v) is 18.1. The van der Waals surface area contributed by atoms with Crippen molar-refractivity contribution in [3.8, 4) is 17.1 Å². The van der Waals surface area contributed by atoms with Crippen LogP contribution in [0.25, 0.3) is 17.1 Å². The van der Waals surface area contributed by atoms with E-state index in [0.717, 1.165) is 83.4 Å². The minimum Gasteiger partial charge on any atom is -0.369 e. The van der Waals surface area contributed by atoms with Crippen LogP contribution in [0, 0.1) is 65.9 Å². The van der Waals surface area contributed by atoms with Gasteiger partial charge >= 0.3 is 0 Å². The molecule has 0 spiro atoms. The van der Waals surface area contributed by atoms with Crippen LogP contribution in [0.2, 0.25) is 0 Å². The van der Waals surface area contributed by atoms with Gasteiger partial charge in [-0.3, -0.25) is 32.6 Å². The third-order valence-electron chi connectivity index (χ3n) is 17.2. The molecule has 562 valence electrons. The molecule has 3 aromatic heterocycles. The molecule has 0 saturated carbocycles. The number of anilines is 3. The quantitative estimate of drug-likeness (QED) is 0.0223. The number of hydrogen-bond donors (Lipinski definition) is 1. The molecule has 21 heteroatoms. The molecule has 0 saturated heterocycles. The first kappa shape index (κ1) is 91.2. The highest BCUT2D eigenvalue weighted by atomic mass is 128. The van der Waals surface area contributed by atoms with Crippen molar-refractivity contribution < 1.29 is 26.1 Å². The number of hydrogen-bond acceptors (Lipinski definition) is 11. The number of aromatic nitrogens is 6. The van der Waals surface area contributed by atoms with Gasteiger partial charge in [-0.2, -0.15) is 8.42 Å². The number of benzene rings is 4. The van der Waals surface area contributed by atoms with Crippen molar-refractivity contribution in [2.75, 3.05) is 54.0 Å². The molecule has 0 atom stereocenters. The van der Waals surface area contributed by atoms with Gasteiger partial charge in [-0.25, -0.2) is 28.1 Å². The monoisotopic (exact) mass is 1650 g/mol. The molecule has 4 aromatic carbocycles. The van der Waals surface area contributed by atoms with Gasteiger partial charge in [0.2, 0.25) is 0 Å². The van der Waals surface area contributed by atoms with E-state index in [1.165, 1.54) is 178 Å². The van der Waals surface area contributed by atoms with Crippen LogP contribution in [0.4, 0.5) is 30.2 Å². The van der Waals surface area contributed by atoms with Gasteiger partial charge in [-0.15, -0.1) is 0 Å². The molecule has 0 unspecified atom stereocenters. The molecule has 0 amide bonds. The van der Waals surface area contributed by atoms with Crippen molar-refractivity contribution in [1.29, 1.82) is 0 Å². The lowest BCUT2D eigenvalue weighted by Crippen LogP contribution is -2.27. The first-order chi connectivity index (χ1) is 47.9. The van der Waals surface area contributed by atoms with Gasteiger partial charge in [0.25, 0.3) is 26.8 Å². The Hall–Kier alpha value is -5.92. The summed E-state index contributed by atoms with van der Waals surface area (Å²) in [7, 11) is -4.02. The summed E-state index contributed by atoms with van der Waals surface area (Å²) in [6.07, 6.45) is 27.9. The van der Waals surface area contributed by atoms with E-state index in [1.54, 1.807) is 53.7 Å². The standard InChI is InChI=1S/3C24H36FN3O.C7H8O3S.CH4.I2/c3*1-5-7-9-11-15-27(16-12-10-8-6-2)23-14-13-21(18-22(23)25)28-20(4)26-19(3)17-24(28)29;1-6-2-4-7(5-3-6)11(8,9)10;;1-2/h3*13-14,17-18H,5-12,15-16H2,1-4H3;2-5H,1H3,(H,8,9,10);1H4;. The number of unbranched alkanes of at least 4 members (excludes halogenated alkanes) is 18. The lowest BCUT2D eigenvalue weighted by Gasteiger charge is -2.26. The molecule has 0 fully saturated rings. The van der Waals surface area contributed by atoms with Crippen LogP contribution in [-0.2, 0) is 10.1 Å². The van der Waals surface area contributed by atoms with E-state index in [4.69, 9.17) is 4.55 Å². The largest absolute Gasteiger partial charge is 0.369 e. The number of halogens is 5. The second kappa shape index (κ2) is 50.5. The highest BCUT2D eigenvalue weighted by Crippen LogP contribution is 2.28. The number of nitrogens with zero attached hydrogens (tertiary/aromatic N) is 9. The summed E-state index contributed by atoms with van der Waals surface area (Å²) in [5.41, 5.74) is 5.90. The van der Waals surface area contributed by atoms with Gasteiger partial charge < -0.3 is 14.7 Å². The maximum Gasteiger partial charge on any atom is 0.294 e. The van der Waals surface area contributed by atoms with Crippen LogP contribution in [0.1, 0.15) is 243 Å². The smallest absolute Gasteiger partial charge is 0.294 e. The zero-order chi connectivity index (χ0) is 74.2. The van der Waals surface area contributed by atoms with Crippen molar-refractivity contribution in [3.05, 3.63) is 186 Å². The normalized spacial score (nSPS) is 10.8. The van der Waals surface area contributed by atoms with Crippen LogP contribution < -0.4 is 31.4 Å². The molecule has 101 heavy (non-hydrogen) atoms. The lowest BCUT2D eigenvalue weighted by atomic mass is 10.1. The Bertz CT molecular complexity index is 3450. The summed E-state index contributed by atoms with van der Waals surface area (Å²) in [6.45, 7) is 30.9. The van der Waals surface area contributed by atoms with Crippen molar-refractivity contribution in [2.45, 2.75) is 256 Å². The van der Waals surface area contributed by atoms with Gasteiger partial charge in [0.15, 0.2) is 0 Å². The minimum absolute atomic E-state index is 0. The molecule has 0 aliphatic rings. The fourth-order valence-corrected chi connectivity index (χ4v) is 12.5. The van der Waals surface area contributed by atoms with Gasteiger partial charge in [0, 0.05) is 130 Å². The van der Waals surface area contributed by atoms with Crippen molar-refractivity contribution >= 4 is 64.4 Å². The van der Waals surface area contributed by atoms with Crippen molar-refractivity contribution in [1.82, 2.24) is 28.7 Å². The average molecular weight is 1650 g/mol.